The van der Waals surface area contributed by atoms with Gasteiger partial charge in [0.05, 0.1) is 5.69 Å². The van der Waals surface area contributed by atoms with Crippen LogP contribution in [0.3, 0.4) is 0 Å². The third kappa shape index (κ3) is 7.14. The first kappa shape index (κ1) is 15.9. The summed E-state index contributed by atoms with van der Waals surface area (Å²) in [6.45, 7) is 2.92. The fourth-order valence-electron chi connectivity index (χ4n) is 2.11. The van der Waals surface area contributed by atoms with Crippen LogP contribution in [0.4, 0.5) is 14.5 Å². The second kappa shape index (κ2) is 9.76. The van der Waals surface area contributed by atoms with Gasteiger partial charge in [0.15, 0.2) is 0 Å². The lowest BCUT2D eigenvalue weighted by Gasteiger charge is -2.07. The largest absolute Gasteiger partial charge is 0.383 e. The molecule has 1 rings (SSSR count). The van der Waals surface area contributed by atoms with Crippen molar-refractivity contribution in [3.05, 3.63) is 29.8 Å². The van der Waals surface area contributed by atoms with Gasteiger partial charge in [-0.15, -0.1) is 0 Å². The van der Waals surface area contributed by atoms with Crippen LogP contribution in [0.1, 0.15) is 58.3 Å². The van der Waals surface area contributed by atoms with Gasteiger partial charge in [0.25, 0.3) is 0 Å². The molecular weight excluding hydrogens is 244 g/mol. The molecule has 0 aliphatic rings. The van der Waals surface area contributed by atoms with Crippen LogP contribution in [0, 0.1) is 11.6 Å². The molecular formula is C16H25F2N. The van der Waals surface area contributed by atoms with Crippen LogP contribution in [0.2, 0.25) is 0 Å². The van der Waals surface area contributed by atoms with Crippen molar-refractivity contribution in [1.82, 2.24) is 0 Å². The van der Waals surface area contributed by atoms with Crippen LogP contribution in [0.25, 0.3) is 0 Å². The summed E-state index contributed by atoms with van der Waals surface area (Å²) in [5.41, 5.74) is 0.267. The van der Waals surface area contributed by atoms with Gasteiger partial charge in [-0.25, -0.2) is 8.78 Å². The number of nitrogens with one attached hydrogen (secondary N) is 1. The summed E-state index contributed by atoms with van der Waals surface area (Å²) in [5, 5.41) is 2.95. The third-order valence-corrected chi connectivity index (χ3v) is 3.27. The van der Waals surface area contributed by atoms with E-state index in [1.54, 1.807) is 0 Å². The van der Waals surface area contributed by atoms with E-state index in [2.05, 4.69) is 12.2 Å². The molecule has 0 saturated carbocycles. The Morgan fingerprint density at radius 1 is 0.895 bits per heavy atom. The SMILES string of the molecule is CCCCCCCCCCNc1cc(F)ccc1F. The minimum atomic E-state index is -0.403. The molecule has 0 aromatic heterocycles. The number of rotatable bonds is 10. The highest BCUT2D eigenvalue weighted by atomic mass is 19.1. The Bertz CT molecular complexity index is 353. The minimum absolute atomic E-state index is 0.267. The van der Waals surface area contributed by atoms with Crippen LogP contribution in [0.5, 0.6) is 0 Å². The Kier molecular flexibility index (Phi) is 8.19. The molecule has 0 atom stereocenters. The first-order valence-electron chi connectivity index (χ1n) is 7.43. The number of unbranched alkanes of at least 4 members (excludes halogenated alkanes) is 7. The lowest BCUT2D eigenvalue weighted by molar-refractivity contribution is 0.579. The lowest BCUT2D eigenvalue weighted by atomic mass is 10.1. The highest BCUT2D eigenvalue weighted by Gasteiger charge is 2.02. The van der Waals surface area contributed by atoms with E-state index in [1.807, 2.05) is 0 Å². The molecule has 19 heavy (non-hydrogen) atoms. The molecule has 0 spiro atoms. The molecule has 0 unspecified atom stereocenters. The first-order valence-corrected chi connectivity index (χ1v) is 7.43. The van der Waals surface area contributed by atoms with E-state index in [4.69, 9.17) is 0 Å². The fourth-order valence-corrected chi connectivity index (χ4v) is 2.11. The lowest BCUT2D eigenvalue weighted by Crippen LogP contribution is -2.03. The minimum Gasteiger partial charge on any atom is -0.383 e. The molecule has 1 nitrogen and oxygen atoms in total. The predicted molar refractivity (Wildman–Crippen MR) is 77.5 cm³/mol. The number of halogens is 2. The van der Waals surface area contributed by atoms with Crippen molar-refractivity contribution in [1.29, 1.82) is 0 Å². The van der Waals surface area contributed by atoms with Crippen molar-refractivity contribution < 1.29 is 8.78 Å². The molecule has 0 fully saturated rings. The van der Waals surface area contributed by atoms with Gasteiger partial charge < -0.3 is 5.32 Å². The highest BCUT2D eigenvalue weighted by Crippen LogP contribution is 2.15. The standard InChI is InChI=1S/C16H25F2N/c1-2-3-4-5-6-7-8-9-12-19-16-13-14(17)10-11-15(16)18/h10-11,13,19H,2-9,12H2,1H3. The molecule has 0 aliphatic heterocycles. The van der Waals surface area contributed by atoms with Crippen molar-refractivity contribution in [2.45, 2.75) is 58.3 Å². The van der Waals surface area contributed by atoms with Gasteiger partial charge >= 0.3 is 0 Å². The molecule has 0 bridgehead atoms. The number of anilines is 1. The molecule has 1 aromatic rings. The predicted octanol–water partition coefficient (Wildman–Crippen LogP) is 5.52. The normalized spacial score (nSPS) is 10.7. The maximum absolute atomic E-state index is 13.3. The van der Waals surface area contributed by atoms with Gasteiger partial charge in [-0.05, 0) is 24.6 Å². The molecule has 0 saturated heterocycles. The summed E-state index contributed by atoms with van der Waals surface area (Å²) in [4.78, 5) is 0. The summed E-state index contributed by atoms with van der Waals surface area (Å²) >= 11 is 0. The van der Waals surface area contributed by atoms with E-state index in [1.165, 1.54) is 44.6 Å². The van der Waals surface area contributed by atoms with Gasteiger partial charge in [-0.1, -0.05) is 51.9 Å². The second-order valence-electron chi connectivity index (χ2n) is 5.03. The number of hydrogen-bond donors (Lipinski definition) is 1. The van der Waals surface area contributed by atoms with Gasteiger partial charge in [-0.3, -0.25) is 0 Å². The average Bonchev–Trinajstić information content (AvgIpc) is 2.40. The van der Waals surface area contributed by atoms with Crippen LogP contribution >= 0.6 is 0 Å². The van der Waals surface area contributed by atoms with E-state index >= 15 is 0 Å². The van der Waals surface area contributed by atoms with Crippen LogP contribution in [-0.4, -0.2) is 6.54 Å². The molecule has 1 aromatic carbocycles. The fraction of sp³-hybridized carbons (Fsp3) is 0.625. The smallest absolute Gasteiger partial charge is 0.146 e. The van der Waals surface area contributed by atoms with Crippen LogP contribution < -0.4 is 5.32 Å². The summed E-state index contributed by atoms with van der Waals surface area (Å²) in [7, 11) is 0. The van der Waals surface area contributed by atoms with E-state index in [-0.39, 0.29) is 11.5 Å². The summed E-state index contributed by atoms with van der Waals surface area (Å²) in [6.07, 6.45) is 9.94. The highest BCUT2D eigenvalue weighted by molar-refractivity contribution is 5.44. The van der Waals surface area contributed by atoms with Gasteiger partial charge in [0.2, 0.25) is 0 Å². The average molecular weight is 269 g/mol. The van der Waals surface area contributed by atoms with Crippen molar-refractivity contribution >= 4 is 5.69 Å². The Balaban J connectivity index is 2.03. The van der Waals surface area contributed by atoms with Crippen molar-refractivity contribution in [3.63, 3.8) is 0 Å². The Hall–Kier alpha value is -1.12. The molecule has 0 amide bonds. The van der Waals surface area contributed by atoms with Crippen LogP contribution in [0.15, 0.2) is 18.2 Å². The zero-order chi connectivity index (χ0) is 13.9. The van der Waals surface area contributed by atoms with E-state index < -0.39 is 5.82 Å². The van der Waals surface area contributed by atoms with Crippen molar-refractivity contribution in [3.8, 4) is 0 Å². The summed E-state index contributed by atoms with van der Waals surface area (Å²) < 4.78 is 26.2. The maximum atomic E-state index is 13.3. The topological polar surface area (TPSA) is 12.0 Å². The van der Waals surface area contributed by atoms with Crippen molar-refractivity contribution in [2.75, 3.05) is 11.9 Å². The van der Waals surface area contributed by atoms with Gasteiger partial charge in [-0.2, -0.15) is 0 Å². The van der Waals surface area contributed by atoms with Crippen LogP contribution in [-0.2, 0) is 0 Å². The third-order valence-electron chi connectivity index (χ3n) is 3.27. The molecule has 1 N–H and O–H groups in total. The quantitative estimate of drug-likeness (QED) is 0.552. The molecule has 108 valence electrons. The Labute approximate surface area is 115 Å². The Morgan fingerprint density at radius 3 is 2.21 bits per heavy atom. The van der Waals surface area contributed by atoms with E-state index in [0.29, 0.717) is 6.54 Å². The monoisotopic (exact) mass is 269 g/mol. The first-order chi connectivity index (χ1) is 9.24. The maximum Gasteiger partial charge on any atom is 0.146 e. The van der Waals surface area contributed by atoms with Gasteiger partial charge in [0.1, 0.15) is 11.6 Å². The van der Waals surface area contributed by atoms with Gasteiger partial charge in [0, 0.05) is 6.54 Å². The summed E-state index contributed by atoms with van der Waals surface area (Å²) in [6, 6.07) is 3.50. The number of benzene rings is 1. The van der Waals surface area contributed by atoms with E-state index in [9.17, 15) is 8.78 Å². The molecule has 0 heterocycles. The zero-order valence-electron chi connectivity index (χ0n) is 11.9. The van der Waals surface area contributed by atoms with Crippen molar-refractivity contribution in [2.24, 2.45) is 0 Å². The summed E-state index contributed by atoms with van der Waals surface area (Å²) in [5.74, 6) is -0.791. The zero-order valence-corrected chi connectivity index (χ0v) is 11.9. The Morgan fingerprint density at radius 2 is 1.53 bits per heavy atom. The molecule has 0 radical (unpaired) electrons. The molecule has 3 heteroatoms. The molecule has 0 aliphatic carbocycles. The second-order valence-corrected chi connectivity index (χ2v) is 5.03. The number of hydrogen-bond acceptors (Lipinski definition) is 1. The van der Waals surface area contributed by atoms with E-state index in [0.717, 1.165) is 25.0 Å².